The Morgan fingerprint density at radius 1 is 1.16 bits per heavy atom. The second-order valence-corrected chi connectivity index (χ2v) is 4.39. The quantitative estimate of drug-likeness (QED) is 0.832. The third-order valence-corrected chi connectivity index (χ3v) is 2.94. The summed E-state index contributed by atoms with van der Waals surface area (Å²) in [5.41, 5.74) is 2.23. The molecule has 0 atom stereocenters. The van der Waals surface area contributed by atoms with Crippen molar-refractivity contribution in [2.45, 2.75) is 6.54 Å². The van der Waals surface area contributed by atoms with E-state index < -0.39 is 0 Å². The van der Waals surface area contributed by atoms with Gasteiger partial charge in [0.1, 0.15) is 5.82 Å². The summed E-state index contributed by atoms with van der Waals surface area (Å²) in [6.45, 7) is 1.52. The summed E-state index contributed by atoms with van der Waals surface area (Å²) < 4.78 is 0. The first kappa shape index (κ1) is 13.4. The van der Waals surface area contributed by atoms with Crippen molar-refractivity contribution >= 4 is 11.5 Å². The Labute approximate surface area is 113 Å². The number of hydrogen-bond acceptors (Lipinski definition) is 4. The molecule has 100 valence electrons. The Balaban J connectivity index is 1.92. The first-order valence-corrected chi connectivity index (χ1v) is 6.35. The van der Waals surface area contributed by atoms with Gasteiger partial charge in [0.05, 0.1) is 18.5 Å². The van der Waals surface area contributed by atoms with Crippen molar-refractivity contribution in [2.24, 2.45) is 0 Å². The molecule has 1 aromatic carbocycles. The van der Waals surface area contributed by atoms with Gasteiger partial charge in [-0.05, 0) is 17.7 Å². The van der Waals surface area contributed by atoms with Crippen LogP contribution in [0.1, 0.15) is 5.56 Å². The highest BCUT2D eigenvalue weighted by molar-refractivity contribution is 5.49. The van der Waals surface area contributed by atoms with Crippen molar-refractivity contribution in [3.05, 3.63) is 54.2 Å². The van der Waals surface area contributed by atoms with Crippen molar-refractivity contribution in [3.63, 3.8) is 0 Å². The van der Waals surface area contributed by atoms with E-state index in [1.165, 1.54) is 5.56 Å². The Hall–Kier alpha value is -2.07. The van der Waals surface area contributed by atoms with Gasteiger partial charge in [-0.15, -0.1) is 0 Å². The van der Waals surface area contributed by atoms with Crippen LogP contribution in [0.25, 0.3) is 0 Å². The van der Waals surface area contributed by atoms with Crippen LogP contribution >= 0.6 is 0 Å². The molecule has 1 heterocycles. The minimum absolute atomic E-state index is 0.143. The maximum atomic E-state index is 8.89. The molecule has 0 radical (unpaired) electrons. The molecule has 0 fully saturated rings. The summed E-state index contributed by atoms with van der Waals surface area (Å²) in [5.74, 6) is 0.852. The lowest BCUT2D eigenvalue weighted by Crippen LogP contribution is -2.21. The number of nitrogens with zero attached hydrogens (tertiary/aromatic N) is 2. The summed E-state index contributed by atoms with van der Waals surface area (Å²) in [5, 5.41) is 12.2. The van der Waals surface area contributed by atoms with Crippen LogP contribution in [0.15, 0.2) is 48.7 Å². The predicted octanol–water partition coefficient (Wildman–Crippen LogP) is 2.12. The summed E-state index contributed by atoms with van der Waals surface area (Å²) >= 11 is 0. The predicted molar refractivity (Wildman–Crippen MR) is 78.4 cm³/mol. The zero-order chi connectivity index (χ0) is 13.5. The van der Waals surface area contributed by atoms with Gasteiger partial charge >= 0.3 is 0 Å². The lowest BCUT2D eigenvalue weighted by atomic mass is 10.2. The molecule has 2 rings (SSSR count). The molecule has 2 aromatic rings. The number of nitrogens with one attached hydrogen (secondary N) is 1. The number of rotatable bonds is 6. The highest BCUT2D eigenvalue weighted by Gasteiger charge is 2.01. The van der Waals surface area contributed by atoms with Crippen LogP contribution in [-0.4, -0.2) is 30.3 Å². The molecule has 2 N–H and O–H groups in total. The van der Waals surface area contributed by atoms with Crippen molar-refractivity contribution < 1.29 is 5.11 Å². The standard InChI is InChI=1S/C15H19N3O/c1-18(9-10-19)14-7-8-15(17-12-14)16-11-13-5-3-2-4-6-13/h2-8,12,19H,9-11H2,1H3,(H,16,17). The SMILES string of the molecule is CN(CCO)c1ccc(NCc2ccccc2)nc1. The van der Waals surface area contributed by atoms with Crippen molar-refractivity contribution in [1.82, 2.24) is 4.98 Å². The van der Waals surface area contributed by atoms with E-state index >= 15 is 0 Å². The Morgan fingerprint density at radius 3 is 2.58 bits per heavy atom. The smallest absolute Gasteiger partial charge is 0.126 e. The molecular formula is C15H19N3O. The van der Waals surface area contributed by atoms with Gasteiger partial charge in [0.2, 0.25) is 0 Å². The third kappa shape index (κ3) is 3.96. The second-order valence-electron chi connectivity index (χ2n) is 4.39. The highest BCUT2D eigenvalue weighted by Crippen LogP contribution is 2.14. The number of likely N-dealkylation sites (N-methyl/N-ethyl adjacent to an activating group) is 1. The molecule has 19 heavy (non-hydrogen) atoms. The van der Waals surface area contributed by atoms with Gasteiger partial charge in [-0.25, -0.2) is 4.98 Å². The minimum Gasteiger partial charge on any atom is -0.395 e. The average Bonchev–Trinajstić information content (AvgIpc) is 2.47. The fourth-order valence-corrected chi connectivity index (χ4v) is 1.78. The number of pyridine rings is 1. The number of anilines is 2. The first-order chi connectivity index (χ1) is 9.29. The Bertz CT molecular complexity index is 485. The fraction of sp³-hybridized carbons (Fsp3) is 0.267. The van der Waals surface area contributed by atoms with Crippen molar-refractivity contribution in [1.29, 1.82) is 0 Å². The molecule has 4 heteroatoms. The van der Waals surface area contributed by atoms with Gasteiger partial charge < -0.3 is 15.3 Å². The normalized spacial score (nSPS) is 10.2. The highest BCUT2D eigenvalue weighted by atomic mass is 16.3. The Morgan fingerprint density at radius 2 is 1.95 bits per heavy atom. The zero-order valence-corrected chi connectivity index (χ0v) is 11.1. The summed E-state index contributed by atoms with van der Waals surface area (Å²) in [7, 11) is 1.93. The van der Waals surface area contributed by atoms with Crippen LogP contribution < -0.4 is 10.2 Å². The topological polar surface area (TPSA) is 48.4 Å². The van der Waals surface area contributed by atoms with Crippen molar-refractivity contribution in [3.8, 4) is 0 Å². The maximum absolute atomic E-state index is 8.89. The van der Waals surface area contributed by atoms with E-state index in [9.17, 15) is 0 Å². The second kappa shape index (κ2) is 6.75. The molecule has 0 aliphatic carbocycles. The number of aromatic nitrogens is 1. The zero-order valence-electron chi connectivity index (χ0n) is 11.1. The average molecular weight is 257 g/mol. The number of hydrogen-bond donors (Lipinski definition) is 2. The van der Waals surface area contributed by atoms with Gasteiger partial charge in [-0.3, -0.25) is 0 Å². The number of aliphatic hydroxyl groups excluding tert-OH is 1. The van der Waals surface area contributed by atoms with Gasteiger partial charge in [-0.1, -0.05) is 30.3 Å². The molecule has 0 saturated heterocycles. The van der Waals surface area contributed by atoms with Gasteiger partial charge in [0.15, 0.2) is 0 Å². The molecular weight excluding hydrogens is 238 g/mol. The molecule has 1 aromatic heterocycles. The molecule has 0 amide bonds. The third-order valence-electron chi connectivity index (χ3n) is 2.94. The van der Waals surface area contributed by atoms with Gasteiger partial charge in [0, 0.05) is 20.1 Å². The van der Waals surface area contributed by atoms with E-state index in [0.717, 1.165) is 18.1 Å². The molecule has 0 aliphatic heterocycles. The van der Waals surface area contributed by atoms with Crippen LogP contribution in [-0.2, 0) is 6.54 Å². The van der Waals surface area contributed by atoms with Crippen molar-refractivity contribution in [2.75, 3.05) is 30.4 Å². The molecule has 0 unspecified atom stereocenters. The molecule has 0 saturated carbocycles. The van der Waals surface area contributed by atoms with E-state index in [-0.39, 0.29) is 6.61 Å². The molecule has 0 bridgehead atoms. The minimum atomic E-state index is 0.143. The summed E-state index contributed by atoms with van der Waals surface area (Å²) in [6.07, 6.45) is 1.81. The Kier molecular flexibility index (Phi) is 4.75. The summed E-state index contributed by atoms with van der Waals surface area (Å²) in [4.78, 5) is 6.33. The van der Waals surface area contributed by atoms with E-state index in [0.29, 0.717) is 6.54 Å². The van der Waals surface area contributed by atoms with E-state index in [1.807, 2.05) is 48.5 Å². The summed E-state index contributed by atoms with van der Waals surface area (Å²) in [6, 6.07) is 14.2. The fourth-order valence-electron chi connectivity index (χ4n) is 1.78. The van der Waals surface area contributed by atoms with E-state index in [2.05, 4.69) is 22.4 Å². The molecule has 4 nitrogen and oxygen atoms in total. The van der Waals surface area contributed by atoms with E-state index in [4.69, 9.17) is 5.11 Å². The number of benzene rings is 1. The largest absolute Gasteiger partial charge is 0.395 e. The van der Waals surface area contributed by atoms with Crippen LogP contribution in [0, 0.1) is 0 Å². The first-order valence-electron chi connectivity index (χ1n) is 6.35. The number of aliphatic hydroxyl groups is 1. The van der Waals surface area contributed by atoms with Gasteiger partial charge in [-0.2, -0.15) is 0 Å². The molecule has 0 spiro atoms. The maximum Gasteiger partial charge on any atom is 0.126 e. The monoisotopic (exact) mass is 257 g/mol. The van der Waals surface area contributed by atoms with E-state index in [1.54, 1.807) is 0 Å². The van der Waals surface area contributed by atoms with Gasteiger partial charge in [0.25, 0.3) is 0 Å². The van der Waals surface area contributed by atoms with Crippen LogP contribution in [0.5, 0.6) is 0 Å². The molecule has 0 aliphatic rings. The van der Waals surface area contributed by atoms with Crippen LogP contribution in [0.4, 0.5) is 11.5 Å². The van der Waals surface area contributed by atoms with Crippen LogP contribution in [0.2, 0.25) is 0 Å². The lowest BCUT2D eigenvalue weighted by molar-refractivity contribution is 0.304. The van der Waals surface area contributed by atoms with Crippen LogP contribution in [0.3, 0.4) is 0 Å². The lowest BCUT2D eigenvalue weighted by Gasteiger charge is -2.17.